The van der Waals surface area contributed by atoms with Gasteiger partial charge in [-0.2, -0.15) is 9.42 Å². The first-order valence-electron chi connectivity index (χ1n) is 10.8. The molecule has 0 radical (unpaired) electrons. The summed E-state index contributed by atoms with van der Waals surface area (Å²) in [5.74, 6) is -0.405. The molecule has 1 heterocycles. The third-order valence-electron chi connectivity index (χ3n) is 5.63. The van der Waals surface area contributed by atoms with Crippen molar-refractivity contribution in [3.8, 4) is 0 Å². The molecule has 0 aromatic heterocycles. The fourth-order valence-corrected chi connectivity index (χ4v) is 5.81. The number of carbonyl (C=O) groups is 1. The molecule has 2 atom stereocenters. The molecular formula is C20H32N2O7P+. The van der Waals surface area contributed by atoms with E-state index in [1.165, 1.54) is 0 Å². The lowest BCUT2D eigenvalue weighted by molar-refractivity contribution is -0.168. The van der Waals surface area contributed by atoms with E-state index in [0.29, 0.717) is 31.0 Å². The maximum Gasteiger partial charge on any atom is 0.414 e. The summed E-state index contributed by atoms with van der Waals surface area (Å²) in [5, 5.41) is 2.99. The Balaban J connectivity index is 1.58. The van der Waals surface area contributed by atoms with Crippen molar-refractivity contribution in [2.45, 2.75) is 58.7 Å². The summed E-state index contributed by atoms with van der Waals surface area (Å²) in [7, 11) is -3.32. The molecule has 0 spiro atoms. The van der Waals surface area contributed by atoms with Crippen molar-refractivity contribution in [1.82, 2.24) is 0 Å². The van der Waals surface area contributed by atoms with Crippen LogP contribution >= 0.6 is 7.94 Å². The van der Waals surface area contributed by atoms with Gasteiger partial charge in [0, 0.05) is 20.0 Å². The molecule has 1 aromatic rings. The highest BCUT2D eigenvalue weighted by Gasteiger charge is 2.44. The SMILES string of the molecule is CCO[P+](O)(CCN1CCCNc2c1c(=O)c2=O)OC(C)OC(=O)C1CCCCC1. The Hall–Kier alpha value is -1.54. The number of ether oxygens (including phenoxy) is 1. The van der Waals surface area contributed by atoms with Crippen LogP contribution in [0.1, 0.15) is 52.4 Å². The van der Waals surface area contributed by atoms with E-state index in [1.54, 1.807) is 18.7 Å². The second kappa shape index (κ2) is 10.2. The molecular weight excluding hydrogens is 411 g/mol. The van der Waals surface area contributed by atoms with Gasteiger partial charge in [-0.25, -0.2) is 0 Å². The topological polar surface area (TPSA) is 114 Å². The van der Waals surface area contributed by atoms with E-state index in [4.69, 9.17) is 13.8 Å². The average molecular weight is 443 g/mol. The third-order valence-corrected chi connectivity index (χ3v) is 7.68. The summed E-state index contributed by atoms with van der Waals surface area (Å²) in [6, 6.07) is 0. The average Bonchev–Trinajstić information content (AvgIpc) is 2.92. The number of hydrogen-bond acceptors (Lipinski definition) is 9. The molecule has 2 N–H and O–H groups in total. The summed E-state index contributed by atoms with van der Waals surface area (Å²) in [6.07, 6.45) is 4.79. The zero-order valence-corrected chi connectivity index (χ0v) is 18.6. The molecule has 1 aliphatic heterocycles. The first kappa shape index (κ1) is 23.1. The summed E-state index contributed by atoms with van der Waals surface area (Å²) in [5.41, 5.74) is -0.275. The van der Waals surface area contributed by atoms with Gasteiger partial charge in [-0.1, -0.05) is 19.3 Å². The van der Waals surface area contributed by atoms with Crippen LogP contribution in [0.3, 0.4) is 0 Å². The zero-order valence-electron chi connectivity index (χ0n) is 17.7. The van der Waals surface area contributed by atoms with Gasteiger partial charge in [-0.3, -0.25) is 14.4 Å². The minimum Gasteiger partial charge on any atom is -0.431 e. The Labute approximate surface area is 177 Å². The van der Waals surface area contributed by atoms with Gasteiger partial charge in [0.1, 0.15) is 11.4 Å². The predicted molar refractivity (Wildman–Crippen MR) is 116 cm³/mol. The monoisotopic (exact) mass is 443 g/mol. The predicted octanol–water partition coefficient (Wildman–Crippen LogP) is 2.18. The number of nitrogens with one attached hydrogen (secondary N) is 1. The summed E-state index contributed by atoms with van der Waals surface area (Å²) >= 11 is 0. The fraction of sp³-hybridized carbons (Fsp3) is 0.750. The maximum atomic E-state index is 12.3. The van der Waals surface area contributed by atoms with Crippen molar-refractivity contribution < 1.29 is 23.5 Å². The smallest absolute Gasteiger partial charge is 0.414 e. The van der Waals surface area contributed by atoms with Gasteiger partial charge < -0.3 is 15.0 Å². The van der Waals surface area contributed by atoms with Crippen LogP contribution in [-0.4, -0.2) is 49.6 Å². The van der Waals surface area contributed by atoms with Crippen LogP contribution in [0.5, 0.6) is 0 Å². The number of hydrogen-bond donors (Lipinski definition) is 2. The Bertz CT molecular complexity index is 804. The Morgan fingerprint density at radius 2 is 1.97 bits per heavy atom. The van der Waals surface area contributed by atoms with E-state index in [1.807, 2.05) is 0 Å². The van der Waals surface area contributed by atoms with Crippen molar-refractivity contribution in [3.63, 3.8) is 0 Å². The maximum absolute atomic E-state index is 12.3. The van der Waals surface area contributed by atoms with Gasteiger partial charge in [0.25, 0.3) is 10.9 Å². The van der Waals surface area contributed by atoms with Gasteiger partial charge in [0.15, 0.2) is 6.16 Å². The number of rotatable bonds is 9. The minimum absolute atomic E-state index is 0.111. The van der Waals surface area contributed by atoms with Gasteiger partial charge in [-0.15, -0.1) is 4.52 Å². The van der Waals surface area contributed by atoms with Crippen molar-refractivity contribution in [1.29, 1.82) is 0 Å². The van der Waals surface area contributed by atoms with Crippen LogP contribution < -0.4 is 21.1 Å². The highest BCUT2D eigenvalue weighted by Crippen LogP contribution is 2.57. The number of carbonyl (C=O) groups excluding carboxylic acids is 1. The summed E-state index contributed by atoms with van der Waals surface area (Å²) in [4.78, 5) is 48.8. The molecule has 1 aliphatic carbocycles. The molecule has 0 bridgehead atoms. The van der Waals surface area contributed by atoms with E-state index >= 15 is 0 Å². The van der Waals surface area contributed by atoms with Gasteiger partial charge in [0.2, 0.25) is 6.29 Å². The second-order valence-electron chi connectivity index (χ2n) is 7.87. The van der Waals surface area contributed by atoms with E-state index in [9.17, 15) is 19.3 Å². The van der Waals surface area contributed by atoms with E-state index in [-0.39, 0.29) is 24.7 Å². The lowest BCUT2D eigenvalue weighted by Crippen LogP contribution is -2.42. The molecule has 9 nitrogen and oxygen atoms in total. The molecule has 1 fully saturated rings. The highest BCUT2D eigenvalue weighted by atomic mass is 31.2. The molecule has 168 valence electrons. The standard InChI is InChI=1S/C20H31N2O7P/c1-3-27-30(26,29-14(2)28-20(25)15-8-5-4-6-9-15)13-12-22-11-7-10-21-16-17(22)19(24)18(16)23/h14-15,26H,3-13H2,1-2H3/p+1. The zero-order chi connectivity index (χ0) is 21.7. The fourth-order valence-electron chi connectivity index (χ4n) is 4.11. The molecule has 3 rings (SSSR count). The van der Waals surface area contributed by atoms with E-state index < -0.39 is 25.1 Å². The largest absolute Gasteiger partial charge is 0.431 e. The van der Waals surface area contributed by atoms with Crippen molar-refractivity contribution in [2.75, 3.05) is 42.6 Å². The van der Waals surface area contributed by atoms with Crippen molar-refractivity contribution in [3.05, 3.63) is 20.4 Å². The van der Waals surface area contributed by atoms with E-state index in [0.717, 1.165) is 38.5 Å². The van der Waals surface area contributed by atoms with Gasteiger partial charge in [0.05, 0.1) is 19.1 Å². The van der Waals surface area contributed by atoms with Crippen LogP contribution in [0.4, 0.5) is 11.4 Å². The van der Waals surface area contributed by atoms with Crippen LogP contribution in [0.2, 0.25) is 0 Å². The third kappa shape index (κ3) is 5.38. The number of fused-ring (bicyclic) bond motifs is 1. The molecule has 30 heavy (non-hydrogen) atoms. The normalized spacial score (nSPS) is 20.7. The lowest BCUT2D eigenvalue weighted by Gasteiger charge is -2.27. The highest BCUT2D eigenvalue weighted by molar-refractivity contribution is 7.60. The number of esters is 1. The van der Waals surface area contributed by atoms with Gasteiger partial charge >= 0.3 is 13.9 Å². The van der Waals surface area contributed by atoms with Crippen LogP contribution in [0.15, 0.2) is 9.59 Å². The van der Waals surface area contributed by atoms with Crippen LogP contribution in [-0.2, 0) is 18.6 Å². The van der Waals surface area contributed by atoms with Gasteiger partial charge in [-0.05, 0) is 26.2 Å². The Morgan fingerprint density at radius 1 is 1.23 bits per heavy atom. The molecule has 2 aliphatic rings. The quantitative estimate of drug-likeness (QED) is 0.256. The Kier molecular flexibility index (Phi) is 7.85. The van der Waals surface area contributed by atoms with Crippen molar-refractivity contribution >= 4 is 25.3 Å². The van der Waals surface area contributed by atoms with E-state index in [2.05, 4.69) is 5.32 Å². The molecule has 2 unspecified atom stereocenters. The molecule has 1 saturated carbocycles. The summed E-state index contributed by atoms with van der Waals surface area (Å²) < 4.78 is 16.6. The van der Waals surface area contributed by atoms with Crippen molar-refractivity contribution in [2.24, 2.45) is 5.92 Å². The number of nitrogens with zero attached hydrogens (tertiary/aromatic N) is 1. The first-order valence-corrected chi connectivity index (χ1v) is 12.6. The number of anilines is 2. The Morgan fingerprint density at radius 3 is 2.67 bits per heavy atom. The molecule has 1 aromatic carbocycles. The molecule has 0 saturated heterocycles. The molecule has 10 heteroatoms. The van der Waals surface area contributed by atoms with Crippen LogP contribution in [0.25, 0.3) is 0 Å². The summed E-state index contributed by atoms with van der Waals surface area (Å²) in [6.45, 7) is 5.06. The second-order valence-corrected chi connectivity index (χ2v) is 10.1. The lowest BCUT2D eigenvalue weighted by atomic mass is 9.89. The van der Waals surface area contributed by atoms with Crippen LogP contribution in [0, 0.1) is 5.92 Å². The molecule has 0 amide bonds. The first-order chi connectivity index (χ1) is 14.3. The minimum atomic E-state index is -3.32.